The molecule has 2 N–H and O–H groups in total. The second-order valence-corrected chi connectivity index (χ2v) is 6.54. The molecule has 9 nitrogen and oxygen atoms in total. The standard InChI is InChI=1S/C18H17N7O2/c26-15-10-27-9-14(15)21-16-7-20-17-18(22-16)25(24-23-17)8-11-3-4-13-12(6-11)2-1-5-19-13/h1-7,14-15,26H,8-10H2,(H,21,22)/t14-,15-/m1/s1. The summed E-state index contributed by atoms with van der Waals surface area (Å²) in [7, 11) is 0. The van der Waals surface area contributed by atoms with E-state index in [0.29, 0.717) is 36.9 Å². The lowest BCUT2D eigenvalue weighted by molar-refractivity contribution is 0.125. The fourth-order valence-corrected chi connectivity index (χ4v) is 3.20. The van der Waals surface area contributed by atoms with Crippen LogP contribution in [0.15, 0.2) is 42.7 Å². The van der Waals surface area contributed by atoms with Crippen LogP contribution in [0.2, 0.25) is 0 Å². The molecule has 0 amide bonds. The first-order chi connectivity index (χ1) is 13.3. The maximum Gasteiger partial charge on any atom is 0.221 e. The summed E-state index contributed by atoms with van der Waals surface area (Å²) in [5, 5.41) is 22.4. The normalized spacial score (nSPS) is 19.7. The third-order valence-electron chi connectivity index (χ3n) is 4.61. The summed E-state index contributed by atoms with van der Waals surface area (Å²) in [6.45, 7) is 1.28. The molecule has 1 saturated heterocycles. The number of benzene rings is 1. The molecule has 1 fully saturated rings. The van der Waals surface area contributed by atoms with E-state index in [-0.39, 0.29) is 6.04 Å². The number of nitrogens with one attached hydrogen (secondary N) is 1. The highest BCUT2D eigenvalue weighted by atomic mass is 16.5. The van der Waals surface area contributed by atoms with E-state index in [0.717, 1.165) is 16.5 Å². The monoisotopic (exact) mass is 363 g/mol. The highest BCUT2D eigenvalue weighted by Crippen LogP contribution is 2.17. The third-order valence-corrected chi connectivity index (χ3v) is 4.61. The minimum absolute atomic E-state index is 0.200. The summed E-state index contributed by atoms with van der Waals surface area (Å²) in [6.07, 6.45) is 2.81. The first-order valence-electron chi connectivity index (χ1n) is 8.68. The lowest BCUT2D eigenvalue weighted by atomic mass is 10.1. The highest BCUT2D eigenvalue weighted by molar-refractivity contribution is 5.79. The molecule has 0 saturated carbocycles. The number of hydrogen-bond acceptors (Lipinski definition) is 8. The first-order valence-corrected chi connectivity index (χ1v) is 8.68. The molecule has 1 aliphatic heterocycles. The molecule has 9 heteroatoms. The summed E-state index contributed by atoms with van der Waals surface area (Å²) in [4.78, 5) is 13.2. The number of aromatic nitrogens is 6. The van der Waals surface area contributed by atoms with Crippen molar-refractivity contribution in [3.8, 4) is 0 Å². The zero-order valence-electron chi connectivity index (χ0n) is 14.4. The van der Waals surface area contributed by atoms with Gasteiger partial charge in [-0.25, -0.2) is 14.6 Å². The largest absolute Gasteiger partial charge is 0.388 e. The van der Waals surface area contributed by atoms with E-state index in [2.05, 4.69) is 36.6 Å². The van der Waals surface area contributed by atoms with Gasteiger partial charge in [-0.1, -0.05) is 17.3 Å². The van der Waals surface area contributed by atoms with Crippen LogP contribution in [0, 0.1) is 0 Å². The van der Waals surface area contributed by atoms with Crippen LogP contribution in [-0.2, 0) is 11.3 Å². The van der Waals surface area contributed by atoms with E-state index in [1.165, 1.54) is 0 Å². The number of nitrogens with zero attached hydrogens (tertiary/aromatic N) is 6. The lowest BCUT2D eigenvalue weighted by Crippen LogP contribution is -2.32. The van der Waals surface area contributed by atoms with Gasteiger partial charge < -0.3 is 15.2 Å². The minimum Gasteiger partial charge on any atom is -0.388 e. The van der Waals surface area contributed by atoms with Crippen molar-refractivity contribution in [3.05, 3.63) is 48.3 Å². The molecule has 3 aromatic heterocycles. The molecule has 1 aliphatic rings. The van der Waals surface area contributed by atoms with Gasteiger partial charge in [-0.3, -0.25) is 4.98 Å². The average molecular weight is 363 g/mol. The van der Waals surface area contributed by atoms with Crippen molar-refractivity contribution in [3.63, 3.8) is 0 Å². The third kappa shape index (κ3) is 3.07. The van der Waals surface area contributed by atoms with Gasteiger partial charge in [0.1, 0.15) is 5.82 Å². The van der Waals surface area contributed by atoms with Crippen molar-refractivity contribution in [2.24, 2.45) is 0 Å². The average Bonchev–Trinajstić information content (AvgIpc) is 3.28. The number of aliphatic hydroxyl groups excluding tert-OH is 1. The van der Waals surface area contributed by atoms with Crippen LogP contribution in [0.25, 0.3) is 22.2 Å². The van der Waals surface area contributed by atoms with Crippen molar-refractivity contribution in [2.45, 2.75) is 18.7 Å². The van der Waals surface area contributed by atoms with Gasteiger partial charge in [0.15, 0.2) is 5.65 Å². The van der Waals surface area contributed by atoms with Crippen molar-refractivity contribution in [1.29, 1.82) is 0 Å². The second-order valence-electron chi connectivity index (χ2n) is 6.54. The topological polar surface area (TPSA) is 111 Å². The molecule has 2 atom stereocenters. The maximum atomic E-state index is 9.89. The van der Waals surface area contributed by atoms with E-state index >= 15 is 0 Å². The summed E-state index contributed by atoms with van der Waals surface area (Å²) in [6, 6.07) is 9.84. The number of fused-ring (bicyclic) bond motifs is 2. The Balaban J connectivity index is 1.44. The van der Waals surface area contributed by atoms with E-state index < -0.39 is 6.10 Å². The SMILES string of the molecule is O[C@@H]1COC[C@H]1Nc1cnc2nnn(Cc3ccc4ncccc4c3)c2n1. The quantitative estimate of drug-likeness (QED) is 0.552. The van der Waals surface area contributed by atoms with Gasteiger partial charge in [0.05, 0.1) is 43.6 Å². The summed E-state index contributed by atoms with van der Waals surface area (Å²) < 4.78 is 6.97. The predicted octanol–water partition coefficient (Wildman–Crippen LogP) is 0.989. The highest BCUT2D eigenvalue weighted by Gasteiger charge is 2.26. The van der Waals surface area contributed by atoms with Gasteiger partial charge in [-0.15, -0.1) is 5.10 Å². The zero-order valence-corrected chi connectivity index (χ0v) is 14.4. The van der Waals surface area contributed by atoms with Crippen molar-refractivity contribution in [1.82, 2.24) is 29.9 Å². The molecule has 1 aromatic carbocycles. The smallest absolute Gasteiger partial charge is 0.221 e. The Morgan fingerprint density at radius 1 is 1.22 bits per heavy atom. The molecule has 5 rings (SSSR count). The Morgan fingerprint density at radius 3 is 3.07 bits per heavy atom. The van der Waals surface area contributed by atoms with E-state index in [4.69, 9.17) is 4.74 Å². The maximum absolute atomic E-state index is 9.89. The van der Waals surface area contributed by atoms with Crippen LogP contribution in [-0.4, -0.2) is 60.4 Å². The van der Waals surface area contributed by atoms with Crippen LogP contribution < -0.4 is 5.32 Å². The Bertz CT molecular complexity index is 1110. The van der Waals surface area contributed by atoms with Gasteiger partial charge in [0.25, 0.3) is 0 Å². The fraction of sp³-hybridized carbons (Fsp3) is 0.278. The summed E-state index contributed by atoms with van der Waals surface area (Å²) in [5.74, 6) is 0.559. The predicted molar refractivity (Wildman–Crippen MR) is 98.2 cm³/mol. The molecule has 27 heavy (non-hydrogen) atoms. The molecular weight excluding hydrogens is 346 g/mol. The Labute approximate surface area is 154 Å². The van der Waals surface area contributed by atoms with Crippen molar-refractivity contribution < 1.29 is 9.84 Å². The molecule has 0 radical (unpaired) electrons. The second kappa shape index (κ2) is 6.53. The number of anilines is 1. The molecule has 0 spiro atoms. The number of hydrogen-bond donors (Lipinski definition) is 2. The van der Waals surface area contributed by atoms with Crippen LogP contribution >= 0.6 is 0 Å². The number of aliphatic hydroxyl groups is 1. The van der Waals surface area contributed by atoms with Gasteiger partial charge in [-0.2, -0.15) is 0 Å². The van der Waals surface area contributed by atoms with Gasteiger partial charge in [-0.05, 0) is 23.8 Å². The summed E-state index contributed by atoms with van der Waals surface area (Å²) in [5.41, 5.74) is 3.08. The van der Waals surface area contributed by atoms with Crippen molar-refractivity contribution in [2.75, 3.05) is 18.5 Å². The number of ether oxygens (including phenoxy) is 1. The molecule has 4 heterocycles. The van der Waals surface area contributed by atoms with Crippen molar-refractivity contribution >= 4 is 28.0 Å². The van der Waals surface area contributed by atoms with Gasteiger partial charge >= 0.3 is 0 Å². The van der Waals surface area contributed by atoms with E-state index in [1.807, 2.05) is 24.3 Å². The van der Waals surface area contributed by atoms with Gasteiger partial charge in [0.2, 0.25) is 5.65 Å². The Morgan fingerprint density at radius 2 is 2.19 bits per heavy atom. The van der Waals surface area contributed by atoms with Crippen LogP contribution in [0.5, 0.6) is 0 Å². The van der Waals surface area contributed by atoms with Crippen LogP contribution in [0.1, 0.15) is 5.56 Å². The lowest BCUT2D eigenvalue weighted by Gasteiger charge is -2.14. The zero-order chi connectivity index (χ0) is 18.2. The Hall–Kier alpha value is -3.17. The molecular formula is C18H17N7O2. The van der Waals surface area contributed by atoms with Crippen LogP contribution in [0.4, 0.5) is 5.82 Å². The Kier molecular flexibility index (Phi) is 3.88. The fourth-order valence-electron chi connectivity index (χ4n) is 3.20. The van der Waals surface area contributed by atoms with E-state index in [9.17, 15) is 5.11 Å². The molecule has 136 valence electrons. The first kappa shape index (κ1) is 16.0. The minimum atomic E-state index is -0.559. The van der Waals surface area contributed by atoms with E-state index in [1.54, 1.807) is 17.1 Å². The summed E-state index contributed by atoms with van der Waals surface area (Å²) >= 11 is 0. The molecule has 0 unspecified atom stereocenters. The van der Waals surface area contributed by atoms with Crippen LogP contribution in [0.3, 0.4) is 0 Å². The number of rotatable bonds is 4. The molecule has 0 aliphatic carbocycles. The number of pyridine rings is 1. The van der Waals surface area contributed by atoms with Gasteiger partial charge in [0, 0.05) is 11.6 Å². The molecule has 4 aromatic rings. The molecule has 0 bridgehead atoms.